The molecule has 4 heterocycles. The van der Waals surface area contributed by atoms with Crippen molar-refractivity contribution in [1.82, 2.24) is 19.7 Å². The molecule has 0 radical (unpaired) electrons. The highest BCUT2D eigenvalue weighted by Crippen LogP contribution is 2.37. The van der Waals surface area contributed by atoms with E-state index in [4.69, 9.17) is 0 Å². The SMILES string of the molecule is Cc1c(C2CCN(C(=O)OC(C(F)(F)F)C(F)(F)F)CC2)nn2c1CCc1cc(F)cnc1-2. The number of hydrogen-bond donors (Lipinski definition) is 0. The standard InChI is InChI=1S/C20H19F7N4O2/c1-10-14-3-2-12-8-13(21)9-28-16(12)31(14)29-15(10)11-4-6-30(7-5-11)18(32)33-17(19(22,23)24)20(25,26)27/h8-9,11,17H,2-7H2,1H3. The summed E-state index contributed by atoms with van der Waals surface area (Å²) in [5.74, 6) is -0.0747. The number of ether oxygens (including phenoxy) is 1. The highest BCUT2D eigenvalue weighted by molar-refractivity contribution is 5.68. The Hall–Kier alpha value is -2.86. The monoisotopic (exact) mass is 480 g/mol. The fourth-order valence-electron chi connectivity index (χ4n) is 4.34. The van der Waals surface area contributed by atoms with E-state index in [0.29, 0.717) is 31.5 Å². The highest BCUT2D eigenvalue weighted by atomic mass is 19.4. The average molecular weight is 480 g/mol. The summed E-state index contributed by atoms with van der Waals surface area (Å²) in [7, 11) is 0. The quantitative estimate of drug-likeness (QED) is 0.589. The largest absolute Gasteiger partial charge is 0.434 e. The van der Waals surface area contributed by atoms with Crippen molar-refractivity contribution in [3.05, 3.63) is 40.6 Å². The fraction of sp³-hybridized carbons (Fsp3) is 0.550. The molecular weight excluding hydrogens is 461 g/mol. The Morgan fingerprint density at radius 2 is 1.76 bits per heavy atom. The number of aryl methyl sites for hydroxylation is 1. The van der Waals surface area contributed by atoms with Crippen LogP contribution in [-0.4, -0.2) is 57.3 Å². The minimum Gasteiger partial charge on any atom is -0.426 e. The first kappa shape index (κ1) is 23.3. The van der Waals surface area contributed by atoms with Crippen molar-refractivity contribution in [3.63, 3.8) is 0 Å². The van der Waals surface area contributed by atoms with Crippen LogP contribution in [0.15, 0.2) is 12.3 Å². The molecule has 2 aliphatic rings. The molecule has 2 aromatic rings. The van der Waals surface area contributed by atoms with Crippen LogP contribution in [0.2, 0.25) is 0 Å². The Morgan fingerprint density at radius 3 is 2.36 bits per heavy atom. The van der Waals surface area contributed by atoms with Gasteiger partial charge in [0, 0.05) is 30.3 Å². The topological polar surface area (TPSA) is 60.3 Å². The summed E-state index contributed by atoms with van der Waals surface area (Å²) in [4.78, 5) is 17.0. The van der Waals surface area contributed by atoms with E-state index in [1.807, 2.05) is 6.92 Å². The molecule has 6 nitrogen and oxygen atoms in total. The van der Waals surface area contributed by atoms with Gasteiger partial charge in [0.05, 0.1) is 11.9 Å². The van der Waals surface area contributed by atoms with Gasteiger partial charge in [-0.15, -0.1) is 0 Å². The molecule has 33 heavy (non-hydrogen) atoms. The number of piperidine rings is 1. The van der Waals surface area contributed by atoms with Crippen LogP contribution in [0.5, 0.6) is 0 Å². The lowest BCUT2D eigenvalue weighted by molar-refractivity contribution is -0.308. The molecule has 0 aromatic carbocycles. The lowest BCUT2D eigenvalue weighted by Gasteiger charge is -2.32. The summed E-state index contributed by atoms with van der Waals surface area (Å²) < 4.78 is 94.9. The van der Waals surface area contributed by atoms with Gasteiger partial charge in [0.1, 0.15) is 5.82 Å². The van der Waals surface area contributed by atoms with Crippen LogP contribution < -0.4 is 0 Å². The Bertz CT molecular complexity index is 1040. The number of nitrogens with zero attached hydrogens (tertiary/aromatic N) is 4. The molecule has 0 atom stereocenters. The van der Waals surface area contributed by atoms with Gasteiger partial charge in [0.15, 0.2) is 5.82 Å². The number of carbonyl (C=O) groups excluding carboxylic acids is 1. The van der Waals surface area contributed by atoms with Gasteiger partial charge in [0.25, 0.3) is 6.10 Å². The van der Waals surface area contributed by atoms with Crippen LogP contribution in [-0.2, 0) is 17.6 Å². The number of halogens is 7. The van der Waals surface area contributed by atoms with Gasteiger partial charge in [-0.2, -0.15) is 31.4 Å². The van der Waals surface area contributed by atoms with Crippen molar-refractivity contribution in [1.29, 1.82) is 0 Å². The van der Waals surface area contributed by atoms with Crippen molar-refractivity contribution < 1.29 is 40.3 Å². The van der Waals surface area contributed by atoms with Crippen molar-refractivity contribution in [2.75, 3.05) is 13.1 Å². The first-order chi connectivity index (χ1) is 15.4. The minimum atomic E-state index is -5.76. The lowest BCUT2D eigenvalue weighted by atomic mass is 9.90. The molecule has 1 fully saturated rings. The third-order valence-corrected chi connectivity index (χ3v) is 5.97. The van der Waals surface area contributed by atoms with Crippen LogP contribution in [0.3, 0.4) is 0 Å². The maximum Gasteiger partial charge on any atom is 0.434 e. The normalized spacial score (nSPS) is 17.2. The molecule has 0 N–H and O–H groups in total. The van der Waals surface area contributed by atoms with Crippen molar-refractivity contribution in [2.45, 2.75) is 57.0 Å². The Labute approximate surface area is 183 Å². The number of hydrogen-bond acceptors (Lipinski definition) is 4. The van der Waals surface area contributed by atoms with Crippen LogP contribution in [0.25, 0.3) is 5.82 Å². The van der Waals surface area contributed by atoms with Crippen LogP contribution in [0.1, 0.15) is 41.3 Å². The van der Waals surface area contributed by atoms with Crippen LogP contribution in [0.4, 0.5) is 35.5 Å². The van der Waals surface area contributed by atoms with Crippen molar-refractivity contribution in [3.8, 4) is 5.82 Å². The zero-order valence-corrected chi connectivity index (χ0v) is 17.3. The summed E-state index contributed by atoms with van der Waals surface area (Å²) in [6.07, 6.45) is -14.4. The van der Waals surface area contributed by atoms with Gasteiger partial charge in [-0.3, -0.25) is 0 Å². The van der Waals surface area contributed by atoms with Crippen molar-refractivity contribution >= 4 is 6.09 Å². The molecule has 2 aromatic heterocycles. The maximum atomic E-state index is 13.5. The van der Waals surface area contributed by atoms with Gasteiger partial charge < -0.3 is 9.64 Å². The molecule has 1 saturated heterocycles. The molecule has 2 aliphatic heterocycles. The zero-order chi connectivity index (χ0) is 24.1. The number of amides is 1. The molecule has 1 amide bonds. The number of aromatic nitrogens is 3. The summed E-state index contributed by atoms with van der Waals surface area (Å²) in [5.41, 5.74) is 3.26. The number of pyridine rings is 1. The first-order valence-corrected chi connectivity index (χ1v) is 10.2. The number of likely N-dealkylation sites (tertiary alicyclic amines) is 1. The van der Waals surface area contributed by atoms with Gasteiger partial charge in [0.2, 0.25) is 0 Å². The molecule has 13 heteroatoms. The fourth-order valence-corrected chi connectivity index (χ4v) is 4.34. The van der Waals surface area contributed by atoms with Crippen molar-refractivity contribution in [2.24, 2.45) is 0 Å². The van der Waals surface area contributed by atoms with Gasteiger partial charge >= 0.3 is 18.4 Å². The second-order valence-corrected chi connectivity index (χ2v) is 8.11. The van der Waals surface area contributed by atoms with E-state index < -0.39 is 30.4 Å². The molecule has 0 bridgehead atoms. The molecule has 0 aliphatic carbocycles. The summed E-state index contributed by atoms with van der Waals surface area (Å²) >= 11 is 0. The first-order valence-electron chi connectivity index (χ1n) is 10.2. The van der Waals surface area contributed by atoms with E-state index in [1.165, 1.54) is 6.07 Å². The second-order valence-electron chi connectivity index (χ2n) is 8.11. The third-order valence-electron chi connectivity index (χ3n) is 5.97. The third kappa shape index (κ3) is 4.49. The van der Waals surface area contributed by atoms with E-state index in [-0.39, 0.29) is 19.0 Å². The highest BCUT2D eigenvalue weighted by Gasteiger charge is 2.60. The predicted molar refractivity (Wildman–Crippen MR) is 99.4 cm³/mol. The zero-order valence-electron chi connectivity index (χ0n) is 17.3. The maximum absolute atomic E-state index is 13.5. The van der Waals surface area contributed by atoms with E-state index in [1.54, 1.807) is 4.68 Å². The Morgan fingerprint density at radius 1 is 1.12 bits per heavy atom. The second kappa shape index (κ2) is 8.17. The molecule has 180 valence electrons. The van der Waals surface area contributed by atoms with Gasteiger partial charge in [-0.1, -0.05) is 0 Å². The molecular formula is C20H19F7N4O2. The molecule has 0 saturated carbocycles. The molecule has 4 rings (SSSR count). The van der Waals surface area contributed by atoms with E-state index in [9.17, 15) is 35.5 Å². The van der Waals surface area contributed by atoms with E-state index in [0.717, 1.165) is 33.6 Å². The van der Waals surface area contributed by atoms with E-state index in [2.05, 4.69) is 14.8 Å². The summed E-state index contributed by atoms with van der Waals surface area (Å²) in [5, 5.41) is 4.63. The van der Waals surface area contributed by atoms with Crippen LogP contribution >= 0.6 is 0 Å². The Kier molecular flexibility index (Phi) is 5.77. The van der Waals surface area contributed by atoms with Crippen LogP contribution in [0, 0.1) is 12.7 Å². The number of alkyl halides is 6. The Balaban J connectivity index is 1.46. The summed E-state index contributed by atoms with van der Waals surface area (Å²) in [6, 6.07) is 1.40. The molecule has 0 spiro atoms. The smallest absolute Gasteiger partial charge is 0.426 e. The van der Waals surface area contributed by atoms with E-state index >= 15 is 0 Å². The predicted octanol–water partition coefficient (Wildman–Crippen LogP) is 4.62. The van der Waals surface area contributed by atoms with Gasteiger partial charge in [-0.25, -0.2) is 18.9 Å². The average Bonchev–Trinajstić information content (AvgIpc) is 3.07. The number of fused-ring (bicyclic) bond motifs is 3. The number of rotatable bonds is 2. The molecule has 0 unspecified atom stereocenters. The van der Waals surface area contributed by atoms with Gasteiger partial charge in [-0.05, 0) is 44.2 Å². The minimum absolute atomic E-state index is 0.0758. The summed E-state index contributed by atoms with van der Waals surface area (Å²) in [6.45, 7) is 1.72. The number of carbonyl (C=O) groups is 1. The lowest BCUT2D eigenvalue weighted by Crippen LogP contribution is -2.49.